The van der Waals surface area contributed by atoms with Crippen molar-refractivity contribution in [3.8, 4) is 11.5 Å². The molecule has 9 heteroatoms. The molecule has 1 spiro atoms. The lowest BCUT2D eigenvalue weighted by atomic mass is 9.72. The molecule has 4 heterocycles. The van der Waals surface area contributed by atoms with Crippen molar-refractivity contribution in [2.24, 2.45) is 5.41 Å². The number of rotatable bonds is 12. The molecule has 3 saturated heterocycles. The van der Waals surface area contributed by atoms with E-state index in [2.05, 4.69) is 76.6 Å². The Kier molecular flexibility index (Phi) is 9.51. The second-order valence-electron chi connectivity index (χ2n) is 15.0. The van der Waals surface area contributed by atoms with Crippen LogP contribution in [0.3, 0.4) is 0 Å². The van der Waals surface area contributed by atoms with Crippen LogP contribution < -0.4 is 15.0 Å². The molecule has 4 aliphatic rings. The predicted octanol–water partition coefficient (Wildman–Crippen LogP) is 6.50. The van der Waals surface area contributed by atoms with Gasteiger partial charge in [0.25, 0.3) is 5.91 Å². The number of likely N-dealkylation sites (tertiary alicyclic amines) is 1. The third-order valence-corrected chi connectivity index (χ3v) is 11.3. The molecule has 3 amide bonds. The first-order chi connectivity index (χ1) is 25.8. The molecule has 4 aromatic carbocycles. The number of allylic oxidation sites excluding steroid dienone is 1. The molecule has 0 bridgehead atoms. The number of aromatic hydroxyl groups is 1. The Morgan fingerprint density at radius 1 is 0.849 bits per heavy atom. The topological polar surface area (TPSA) is 102 Å². The number of amides is 3. The number of nitrogens with one attached hydrogen (secondary N) is 1. The smallest absolute Gasteiger partial charge is 0.255 e. The summed E-state index contributed by atoms with van der Waals surface area (Å²) in [6.07, 6.45) is 3.60. The van der Waals surface area contributed by atoms with Crippen molar-refractivity contribution in [2.45, 2.75) is 51.6 Å². The van der Waals surface area contributed by atoms with Gasteiger partial charge in [-0.15, -0.1) is 0 Å². The molecule has 9 nitrogen and oxygen atoms in total. The molecule has 0 radical (unpaired) electrons. The lowest BCUT2D eigenvalue weighted by Crippen LogP contribution is -2.72. The summed E-state index contributed by atoms with van der Waals surface area (Å²) in [4.78, 5) is 43.6. The van der Waals surface area contributed by atoms with Gasteiger partial charge in [-0.2, -0.15) is 0 Å². The molecule has 1 atom stereocenters. The van der Waals surface area contributed by atoms with Gasteiger partial charge in [0.1, 0.15) is 17.5 Å². The molecule has 0 aromatic heterocycles. The highest BCUT2D eigenvalue weighted by Crippen LogP contribution is 2.43. The first-order valence-corrected chi connectivity index (χ1v) is 18.9. The SMILES string of the molecule is CC/C(=C(\c1ccc(O)cc1)c1ccc(OCCCCN2CC3(C2)CN(c2ccc4c(c2)CN(C2CCC(=O)NC2=O)C4=O)C3)cc1)c1ccccc1. The van der Waals surface area contributed by atoms with Gasteiger partial charge in [-0.25, -0.2) is 0 Å². The fraction of sp³-hybridized carbons (Fsp3) is 0.341. The lowest BCUT2D eigenvalue weighted by Gasteiger charge is -2.61. The number of benzene rings is 4. The van der Waals surface area contributed by atoms with Crippen LogP contribution in [0.4, 0.5) is 5.69 Å². The zero-order chi connectivity index (χ0) is 36.5. The maximum absolute atomic E-state index is 13.1. The van der Waals surface area contributed by atoms with Crippen LogP contribution in [0.25, 0.3) is 11.1 Å². The number of phenolic OH excluding ortho intramolecular Hbond substituents is 1. The molecule has 53 heavy (non-hydrogen) atoms. The second-order valence-corrected chi connectivity index (χ2v) is 15.0. The van der Waals surface area contributed by atoms with Crippen LogP contribution in [0.15, 0.2) is 97.1 Å². The van der Waals surface area contributed by atoms with Crippen molar-refractivity contribution in [1.29, 1.82) is 0 Å². The van der Waals surface area contributed by atoms with Gasteiger partial charge in [-0.3, -0.25) is 19.7 Å². The fourth-order valence-corrected chi connectivity index (χ4v) is 8.62. The first kappa shape index (κ1) is 34.7. The van der Waals surface area contributed by atoms with Gasteiger partial charge in [0, 0.05) is 55.8 Å². The summed E-state index contributed by atoms with van der Waals surface area (Å²) in [5.41, 5.74) is 8.89. The van der Waals surface area contributed by atoms with E-state index in [-0.39, 0.29) is 29.9 Å². The van der Waals surface area contributed by atoms with E-state index in [1.54, 1.807) is 17.0 Å². The molecular weight excluding hydrogens is 665 g/mol. The summed E-state index contributed by atoms with van der Waals surface area (Å²) < 4.78 is 6.16. The Bertz CT molecular complexity index is 2030. The minimum Gasteiger partial charge on any atom is -0.508 e. The van der Waals surface area contributed by atoms with E-state index in [0.717, 1.165) is 85.7 Å². The average molecular weight is 711 g/mol. The number of hydrogen-bond acceptors (Lipinski definition) is 7. The maximum atomic E-state index is 13.1. The zero-order valence-corrected chi connectivity index (χ0v) is 30.2. The molecule has 4 aliphatic heterocycles. The Morgan fingerprint density at radius 2 is 1.57 bits per heavy atom. The monoisotopic (exact) mass is 710 g/mol. The van der Waals surface area contributed by atoms with Gasteiger partial charge in [0.2, 0.25) is 11.8 Å². The maximum Gasteiger partial charge on any atom is 0.255 e. The summed E-state index contributed by atoms with van der Waals surface area (Å²) in [7, 11) is 0. The van der Waals surface area contributed by atoms with E-state index in [1.807, 2.05) is 30.3 Å². The van der Waals surface area contributed by atoms with Crippen LogP contribution >= 0.6 is 0 Å². The molecule has 1 unspecified atom stereocenters. The number of ether oxygens (including phenoxy) is 1. The van der Waals surface area contributed by atoms with Crippen LogP contribution in [0.2, 0.25) is 0 Å². The number of imide groups is 1. The van der Waals surface area contributed by atoms with Crippen molar-refractivity contribution >= 4 is 34.6 Å². The number of hydrogen-bond donors (Lipinski definition) is 2. The third kappa shape index (κ3) is 7.05. The summed E-state index contributed by atoms with van der Waals surface area (Å²) in [6, 6.07) is 31.8. The van der Waals surface area contributed by atoms with Crippen LogP contribution in [0.1, 0.15) is 71.6 Å². The number of unbranched alkanes of at least 4 members (excludes halogenated alkanes) is 1. The standard InChI is InChI=1S/C44H46N4O5/c1-2-37(30-8-4-3-5-9-30)41(31-10-15-35(49)16-11-31)32-12-17-36(18-13-32)53-23-7-6-22-46-26-44(27-46)28-47(29-44)34-14-19-38-33(24-34)25-48(43(38)52)39-20-21-40(50)45-42(39)51/h3-5,8-19,24,39,49H,2,6-7,20-23,25-29H2,1H3,(H,45,50,51)/b41-37-. The van der Waals surface area contributed by atoms with Crippen molar-refractivity contribution in [3.05, 3.63) is 125 Å². The minimum atomic E-state index is -0.587. The van der Waals surface area contributed by atoms with Gasteiger partial charge < -0.3 is 24.5 Å². The van der Waals surface area contributed by atoms with Crippen molar-refractivity contribution in [1.82, 2.24) is 15.1 Å². The number of phenols is 1. The molecule has 3 fully saturated rings. The number of anilines is 1. The van der Waals surface area contributed by atoms with E-state index >= 15 is 0 Å². The fourth-order valence-electron chi connectivity index (χ4n) is 8.62. The molecular formula is C44H46N4O5. The first-order valence-electron chi connectivity index (χ1n) is 18.9. The van der Waals surface area contributed by atoms with Gasteiger partial charge in [-0.05, 0) is 108 Å². The van der Waals surface area contributed by atoms with E-state index < -0.39 is 6.04 Å². The van der Waals surface area contributed by atoms with E-state index in [4.69, 9.17) is 4.74 Å². The Labute approximate surface area is 310 Å². The number of carbonyl (C=O) groups is 3. The highest BCUT2D eigenvalue weighted by atomic mass is 16.5. The van der Waals surface area contributed by atoms with Crippen LogP contribution in [0, 0.1) is 5.41 Å². The number of nitrogens with zero attached hydrogens (tertiary/aromatic N) is 3. The quantitative estimate of drug-likeness (QED) is 0.0983. The Balaban J connectivity index is 0.787. The number of carbonyl (C=O) groups excluding carboxylic acids is 3. The molecule has 272 valence electrons. The molecule has 8 rings (SSSR count). The third-order valence-electron chi connectivity index (χ3n) is 11.3. The van der Waals surface area contributed by atoms with Crippen LogP contribution in [0.5, 0.6) is 11.5 Å². The van der Waals surface area contributed by atoms with Crippen molar-refractivity contribution in [2.75, 3.05) is 44.2 Å². The summed E-state index contributed by atoms with van der Waals surface area (Å²) in [6.45, 7) is 8.59. The predicted molar refractivity (Wildman–Crippen MR) is 205 cm³/mol. The Morgan fingerprint density at radius 3 is 2.26 bits per heavy atom. The van der Waals surface area contributed by atoms with Gasteiger partial charge >= 0.3 is 0 Å². The largest absolute Gasteiger partial charge is 0.508 e. The minimum absolute atomic E-state index is 0.128. The molecule has 0 saturated carbocycles. The van der Waals surface area contributed by atoms with E-state index in [9.17, 15) is 19.5 Å². The van der Waals surface area contributed by atoms with E-state index in [1.165, 1.54) is 11.1 Å². The Hall–Kier alpha value is -5.41. The number of fused-ring (bicyclic) bond motifs is 1. The van der Waals surface area contributed by atoms with Gasteiger partial charge in [0.15, 0.2) is 0 Å². The average Bonchev–Trinajstić information content (AvgIpc) is 3.46. The highest BCUT2D eigenvalue weighted by molar-refractivity contribution is 6.05. The van der Waals surface area contributed by atoms with Crippen molar-refractivity contribution in [3.63, 3.8) is 0 Å². The highest BCUT2D eigenvalue weighted by Gasteiger charge is 2.51. The zero-order valence-electron chi connectivity index (χ0n) is 30.2. The van der Waals surface area contributed by atoms with Crippen LogP contribution in [-0.4, -0.2) is 78.0 Å². The van der Waals surface area contributed by atoms with Gasteiger partial charge in [-0.1, -0.05) is 61.5 Å². The van der Waals surface area contributed by atoms with Crippen LogP contribution in [-0.2, 0) is 16.1 Å². The second kappa shape index (κ2) is 14.5. The number of piperidine rings is 1. The molecule has 0 aliphatic carbocycles. The molecule has 2 N–H and O–H groups in total. The normalized spacial score (nSPS) is 19.7. The van der Waals surface area contributed by atoms with Gasteiger partial charge in [0.05, 0.1) is 6.61 Å². The van der Waals surface area contributed by atoms with E-state index in [0.29, 0.717) is 30.6 Å². The summed E-state index contributed by atoms with van der Waals surface area (Å²) >= 11 is 0. The molecule has 4 aromatic rings. The summed E-state index contributed by atoms with van der Waals surface area (Å²) in [5, 5.41) is 12.3. The summed E-state index contributed by atoms with van der Waals surface area (Å²) in [5.74, 6) is 0.352. The lowest BCUT2D eigenvalue weighted by molar-refractivity contribution is -0.136. The van der Waals surface area contributed by atoms with Crippen molar-refractivity contribution < 1.29 is 24.2 Å².